The number of esters is 1. The van der Waals surface area contributed by atoms with Crippen LogP contribution in [-0.2, 0) is 14.3 Å². The molecule has 1 fully saturated rings. The Kier molecular flexibility index (Phi) is 4.93. The smallest absolute Gasteiger partial charge is 0.407 e. The van der Waals surface area contributed by atoms with Crippen LogP contribution in [0.25, 0.3) is 0 Å². The van der Waals surface area contributed by atoms with Gasteiger partial charge in [0.2, 0.25) is 0 Å². The van der Waals surface area contributed by atoms with Crippen molar-refractivity contribution in [2.24, 2.45) is 5.41 Å². The van der Waals surface area contributed by atoms with E-state index in [1.54, 1.807) is 34.6 Å². The molecule has 0 saturated heterocycles. The van der Waals surface area contributed by atoms with E-state index >= 15 is 0 Å². The second kappa shape index (κ2) is 5.83. The maximum atomic E-state index is 12.1. The average Bonchev–Trinajstić information content (AvgIpc) is 2.69. The summed E-state index contributed by atoms with van der Waals surface area (Å²) in [6, 6.07) is -0.217. The van der Waals surface area contributed by atoms with Gasteiger partial charge in [-0.1, -0.05) is 0 Å². The first kappa shape index (κ1) is 17.8. The predicted molar refractivity (Wildman–Crippen MR) is 77.8 cm³/mol. The summed E-state index contributed by atoms with van der Waals surface area (Å²) in [6.07, 6.45) is 0.883. The Balaban J connectivity index is 2.77. The van der Waals surface area contributed by atoms with Crippen LogP contribution >= 0.6 is 0 Å². The molecule has 21 heavy (non-hydrogen) atoms. The van der Waals surface area contributed by atoms with Crippen molar-refractivity contribution in [3.63, 3.8) is 0 Å². The molecule has 1 amide bonds. The molecule has 0 bridgehead atoms. The number of alkyl carbamates (subject to hydrolysis) is 1. The molecule has 0 aromatic rings. The number of methoxy groups -OCH3 is 1. The predicted octanol–water partition coefficient (Wildman–Crippen LogP) is 1.99. The summed E-state index contributed by atoms with van der Waals surface area (Å²) >= 11 is 0. The Morgan fingerprint density at radius 1 is 1.24 bits per heavy atom. The van der Waals surface area contributed by atoms with Crippen molar-refractivity contribution in [1.29, 1.82) is 0 Å². The Morgan fingerprint density at radius 3 is 2.24 bits per heavy atom. The topological polar surface area (TPSA) is 84.9 Å². The molecular formula is C15H27NO5. The van der Waals surface area contributed by atoms with Crippen molar-refractivity contribution in [1.82, 2.24) is 5.32 Å². The summed E-state index contributed by atoms with van der Waals surface area (Å²) in [5.74, 6) is -0.441. The van der Waals surface area contributed by atoms with Crippen LogP contribution < -0.4 is 5.32 Å². The largest absolute Gasteiger partial charge is 0.469 e. The molecule has 0 aromatic heterocycles. The van der Waals surface area contributed by atoms with Crippen LogP contribution in [0.5, 0.6) is 0 Å². The molecule has 122 valence electrons. The van der Waals surface area contributed by atoms with Crippen LogP contribution in [0.3, 0.4) is 0 Å². The van der Waals surface area contributed by atoms with Crippen LogP contribution in [0.15, 0.2) is 0 Å². The number of carbonyl (C=O) groups is 2. The lowest BCUT2D eigenvalue weighted by Gasteiger charge is -2.37. The number of rotatable bonds is 3. The van der Waals surface area contributed by atoms with Crippen LogP contribution in [0.1, 0.15) is 53.9 Å². The number of amides is 1. The summed E-state index contributed by atoms with van der Waals surface area (Å²) in [4.78, 5) is 23.9. The standard InChI is InChI=1S/C15H27NO5/c1-13(2,3)21-12(18)16-10-7-8-15(9-10,11(17)20-6)14(4,5)19/h10,19H,7-9H2,1-6H3,(H,16,18). The fourth-order valence-electron chi connectivity index (χ4n) is 2.83. The van der Waals surface area contributed by atoms with Gasteiger partial charge in [0.15, 0.2) is 0 Å². The van der Waals surface area contributed by atoms with Crippen LogP contribution in [0.2, 0.25) is 0 Å². The number of hydrogen-bond donors (Lipinski definition) is 2. The molecule has 0 heterocycles. The van der Waals surface area contributed by atoms with Crippen molar-refractivity contribution in [3.8, 4) is 0 Å². The van der Waals surface area contributed by atoms with Gasteiger partial charge in [-0.05, 0) is 53.9 Å². The summed E-state index contributed by atoms with van der Waals surface area (Å²) < 4.78 is 10.1. The van der Waals surface area contributed by atoms with Crippen molar-refractivity contribution < 1.29 is 24.2 Å². The molecule has 0 spiro atoms. The lowest BCUT2D eigenvalue weighted by atomic mass is 9.72. The van der Waals surface area contributed by atoms with Gasteiger partial charge >= 0.3 is 12.1 Å². The van der Waals surface area contributed by atoms with Gasteiger partial charge in [0, 0.05) is 6.04 Å². The minimum Gasteiger partial charge on any atom is -0.469 e. The second-order valence-electron chi connectivity index (χ2n) is 7.22. The fraction of sp³-hybridized carbons (Fsp3) is 0.867. The first-order valence-electron chi connectivity index (χ1n) is 7.21. The molecule has 1 rings (SSSR count). The highest BCUT2D eigenvalue weighted by atomic mass is 16.6. The summed E-state index contributed by atoms with van der Waals surface area (Å²) in [6.45, 7) is 8.56. The number of ether oxygens (including phenoxy) is 2. The van der Waals surface area contributed by atoms with E-state index in [1.165, 1.54) is 7.11 Å². The minimum atomic E-state index is -1.22. The van der Waals surface area contributed by atoms with Crippen LogP contribution in [-0.4, -0.2) is 41.5 Å². The normalized spacial score (nSPS) is 26.3. The van der Waals surface area contributed by atoms with Crippen molar-refractivity contribution in [2.45, 2.75) is 71.1 Å². The van der Waals surface area contributed by atoms with Gasteiger partial charge in [0.05, 0.1) is 18.1 Å². The molecular weight excluding hydrogens is 274 g/mol. The van der Waals surface area contributed by atoms with E-state index in [1.807, 2.05) is 0 Å². The van der Waals surface area contributed by atoms with Gasteiger partial charge in [-0.25, -0.2) is 4.79 Å². The Hall–Kier alpha value is -1.30. The van der Waals surface area contributed by atoms with E-state index in [4.69, 9.17) is 9.47 Å². The number of nitrogens with one attached hydrogen (secondary N) is 1. The highest BCUT2D eigenvalue weighted by Crippen LogP contribution is 2.47. The zero-order valence-corrected chi connectivity index (χ0v) is 13.8. The van der Waals surface area contributed by atoms with Gasteiger partial charge < -0.3 is 19.9 Å². The molecule has 6 heteroatoms. The van der Waals surface area contributed by atoms with Crippen LogP contribution in [0.4, 0.5) is 4.79 Å². The van der Waals surface area contributed by atoms with Gasteiger partial charge in [0.25, 0.3) is 0 Å². The molecule has 1 saturated carbocycles. The zero-order chi connectivity index (χ0) is 16.5. The minimum absolute atomic E-state index is 0.217. The molecule has 0 aromatic carbocycles. The highest BCUT2D eigenvalue weighted by molar-refractivity contribution is 5.79. The number of hydrogen-bond acceptors (Lipinski definition) is 5. The quantitative estimate of drug-likeness (QED) is 0.779. The molecule has 2 unspecified atom stereocenters. The van der Waals surface area contributed by atoms with E-state index < -0.39 is 28.7 Å². The molecule has 6 nitrogen and oxygen atoms in total. The third-order valence-electron chi connectivity index (χ3n) is 3.98. The summed E-state index contributed by atoms with van der Waals surface area (Å²) in [5, 5.41) is 13.1. The third-order valence-corrected chi connectivity index (χ3v) is 3.98. The first-order chi connectivity index (χ1) is 9.41. The molecule has 0 radical (unpaired) electrons. The molecule has 1 aliphatic rings. The lowest BCUT2D eigenvalue weighted by molar-refractivity contribution is -0.168. The zero-order valence-electron chi connectivity index (χ0n) is 13.8. The Bertz CT molecular complexity index is 407. The van der Waals surface area contributed by atoms with Gasteiger partial charge in [-0.15, -0.1) is 0 Å². The van der Waals surface area contributed by atoms with Gasteiger partial charge in [0.1, 0.15) is 5.60 Å². The molecule has 1 aliphatic carbocycles. The summed E-state index contributed by atoms with van der Waals surface area (Å²) in [5.41, 5.74) is -2.79. The number of carbonyl (C=O) groups excluding carboxylic acids is 2. The van der Waals surface area contributed by atoms with Crippen molar-refractivity contribution in [2.75, 3.05) is 7.11 Å². The fourth-order valence-corrected chi connectivity index (χ4v) is 2.83. The van der Waals surface area contributed by atoms with Gasteiger partial charge in [-0.3, -0.25) is 4.79 Å². The van der Waals surface area contributed by atoms with E-state index in [0.29, 0.717) is 19.3 Å². The molecule has 0 aliphatic heterocycles. The third kappa shape index (κ3) is 4.09. The number of aliphatic hydroxyl groups is 1. The highest BCUT2D eigenvalue weighted by Gasteiger charge is 2.55. The van der Waals surface area contributed by atoms with Gasteiger partial charge in [-0.2, -0.15) is 0 Å². The van der Waals surface area contributed by atoms with E-state index in [2.05, 4.69) is 5.32 Å². The maximum Gasteiger partial charge on any atom is 0.407 e. The van der Waals surface area contributed by atoms with E-state index in [-0.39, 0.29) is 6.04 Å². The Morgan fingerprint density at radius 2 is 1.81 bits per heavy atom. The van der Waals surface area contributed by atoms with Crippen molar-refractivity contribution >= 4 is 12.1 Å². The van der Waals surface area contributed by atoms with Crippen LogP contribution in [0, 0.1) is 5.41 Å². The molecule has 2 atom stereocenters. The lowest BCUT2D eigenvalue weighted by Crippen LogP contribution is -2.49. The monoisotopic (exact) mass is 301 g/mol. The van der Waals surface area contributed by atoms with E-state index in [0.717, 1.165) is 0 Å². The SMILES string of the molecule is COC(=O)C1(C(C)(C)O)CCC(NC(=O)OC(C)(C)C)C1. The maximum absolute atomic E-state index is 12.1. The Labute approximate surface area is 126 Å². The average molecular weight is 301 g/mol. The van der Waals surface area contributed by atoms with E-state index in [9.17, 15) is 14.7 Å². The van der Waals surface area contributed by atoms with Crippen molar-refractivity contribution in [3.05, 3.63) is 0 Å². The summed E-state index contributed by atoms with van der Waals surface area (Å²) in [7, 11) is 1.31. The second-order valence-corrected chi connectivity index (χ2v) is 7.22. The molecule has 2 N–H and O–H groups in total. The first-order valence-corrected chi connectivity index (χ1v) is 7.21.